The van der Waals surface area contributed by atoms with Crippen molar-refractivity contribution in [2.75, 3.05) is 6.54 Å². The summed E-state index contributed by atoms with van der Waals surface area (Å²) in [6, 6.07) is 7.61. The fourth-order valence-corrected chi connectivity index (χ4v) is 1.70. The van der Waals surface area contributed by atoms with Gasteiger partial charge < -0.3 is 10.1 Å². The van der Waals surface area contributed by atoms with E-state index in [0.717, 1.165) is 12.3 Å². The molecule has 0 aliphatic carbocycles. The molecule has 1 rings (SSSR count). The summed E-state index contributed by atoms with van der Waals surface area (Å²) in [5.74, 6) is 1.18. The average Bonchev–Trinajstić information content (AvgIpc) is 2.24. The van der Waals surface area contributed by atoms with Gasteiger partial charge in [-0.05, 0) is 38.8 Å². The van der Waals surface area contributed by atoms with Crippen LogP contribution in [0.25, 0.3) is 0 Å². The van der Waals surface area contributed by atoms with Gasteiger partial charge in [0.25, 0.3) is 0 Å². The van der Waals surface area contributed by atoms with Crippen LogP contribution in [0.5, 0.6) is 5.75 Å². The summed E-state index contributed by atoms with van der Waals surface area (Å²) >= 11 is 6.12. The molecule has 0 saturated heterocycles. The van der Waals surface area contributed by atoms with Crippen molar-refractivity contribution >= 4 is 11.6 Å². The summed E-state index contributed by atoms with van der Waals surface area (Å²) in [6.45, 7) is 11.6. The fraction of sp³-hybridized carbons (Fsp3) is 0.600. The van der Waals surface area contributed by atoms with Crippen LogP contribution in [0.4, 0.5) is 0 Å². The quantitative estimate of drug-likeness (QED) is 0.868. The van der Waals surface area contributed by atoms with Crippen molar-refractivity contribution in [3.63, 3.8) is 0 Å². The van der Waals surface area contributed by atoms with E-state index in [0.29, 0.717) is 10.9 Å². The van der Waals surface area contributed by atoms with Crippen LogP contribution in [0.15, 0.2) is 24.3 Å². The predicted octanol–water partition coefficient (Wildman–Crippen LogP) is 4.13. The summed E-state index contributed by atoms with van der Waals surface area (Å²) in [5.41, 5.74) is 0.0942. The maximum absolute atomic E-state index is 6.12. The Kier molecular flexibility index (Phi) is 5.48. The second-order valence-electron chi connectivity index (χ2n) is 5.96. The van der Waals surface area contributed by atoms with E-state index in [9.17, 15) is 0 Å². The van der Waals surface area contributed by atoms with Crippen molar-refractivity contribution in [1.82, 2.24) is 5.32 Å². The van der Waals surface area contributed by atoms with Gasteiger partial charge in [0.1, 0.15) is 11.9 Å². The van der Waals surface area contributed by atoms with Crippen LogP contribution in [0, 0.1) is 5.92 Å². The molecular formula is C15H24ClNO. The summed E-state index contributed by atoms with van der Waals surface area (Å²) < 4.78 is 6.01. The number of hydrogen-bond donors (Lipinski definition) is 1. The number of hydrogen-bond acceptors (Lipinski definition) is 2. The number of benzene rings is 1. The summed E-state index contributed by atoms with van der Waals surface area (Å²) in [7, 11) is 0. The lowest BCUT2D eigenvalue weighted by Crippen LogP contribution is -2.44. The molecule has 0 bridgehead atoms. The van der Waals surface area contributed by atoms with E-state index in [1.165, 1.54) is 0 Å². The van der Waals surface area contributed by atoms with Crippen LogP contribution in [-0.4, -0.2) is 18.2 Å². The van der Waals surface area contributed by atoms with Crippen molar-refractivity contribution < 1.29 is 4.74 Å². The van der Waals surface area contributed by atoms with Gasteiger partial charge in [-0.3, -0.25) is 0 Å². The van der Waals surface area contributed by atoms with Gasteiger partial charge >= 0.3 is 0 Å². The highest BCUT2D eigenvalue weighted by Crippen LogP contribution is 2.25. The first kappa shape index (κ1) is 15.3. The molecular weight excluding hydrogens is 246 g/mol. The number of halogens is 1. The highest BCUT2D eigenvalue weighted by atomic mass is 35.5. The second-order valence-corrected chi connectivity index (χ2v) is 6.37. The Morgan fingerprint density at radius 3 is 2.33 bits per heavy atom. The lowest BCUT2D eigenvalue weighted by atomic mass is 10.0. The van der Waals surface area contributed by atoms with Gasteiger partial charge in [-0.25, -0.2) is 0 Å². The van der Waals surface area contributed by atoms with Gasteiger partial charge in [0.2, 0.25) is 0 Å². The van der Waals surface area contributed by atoms with Crippen LogP contribution in [0.2, 0.25) is 5.02 Å². The Morgan fingerprint density at radius 1 is 1.22 bits per heavy atom. The first-order chi connectivity index (χ1) is 8.29. The molecule has 1 atom stereocenters. The van der Waals surface area contributed by atoms with Crippen LogP contribution in [0.3, 0.4) is 0 Å². The molecule has 0 amide bonds. The number of rotatable bonds is 5. The Labute approximate surface area is 116 Å². The highest BCUT2D eigenvalue weighted by molar-refractivity contribution is 6.32. The number of ether oxygens (including phenoxy) is 1. The van der Waals surface area contributed by atoms with Gasteiger partial charge in [-0.15, -0.1) is 0 Å². The smallest absolute Gasteiger partial charge is 0.138 e. The molecule has 2 nitrogen and oxygen atoms in total. The van der Waals surface area contributed by atoms with E-state index >= 15 is 0 Å². The minimum absolute atomic E-state index is 0.0942. The van der Waals surface area contributed by atoms with Crippen molar-refractivity contribution in [2.45, 2.75) is 46.3 Å². The van der Waals surface area contributed by atoms with Crippen molar-refractivity contribution in [1.29, 1.82) is 0 Å². The molecule has 1 unspecified atom stereocenters. The van der Waals surface area contributed by atoms with E-state index < -0.39 is 0 Å². The molecule has 0 fully saturated rings. The summed E-state index contributed by atoms with van der Waals surface area (Å²) in [5, 5.41) is 4.14. The van der Waals surface area contributed by atoms with E-state index in [4.69, 9.17) is 16.3 Å². The zero-order chi connectivity index (χ0) is 13.8. The monoisotopic (exact) mass is 269 g/mol. The van der Waals surface area contributed by atoms with Crippen molar-refractivity contribution in [3.8, 4) is 5.75 Å². The highest BCUT2D eigenvalue weighted by Gasteiger charge is 2.19. The third-order valence-electron chi connectivity index (χ3n) is 2.69. The molecule has 0 aromatic heterocycles. The largest absolute Gasteiger partial charge is 0.487 e. The molecule has 3 heteroatoms. The van der Waals surface area contributed by atoms with E-state index in [2.05, 4.69) is 39.9 Å². The molecule has 0 heterocycles. The third kappa shape index (κ3) is 5.28. The normalized spacial score (nSPS) is 13.7. The maximum atomic E-state index is 6.12. The summed E-state index contributed by atoms with van der Waals surface area (Å²) in [6.07, 6.45) is 0.115. The van der Waals surface area contributed by atoms with Gasteiger partial charge in [0, 0.05) is 12.1 Å². The molecule has 1 aromatic rings. The van der Waals surface area contributed by atoms with E-state index in [1.807, 2.05) is 24.3 Å². The molecule has 18 heavy (non-hydrogen) atoms. The first-order valence-corrected chi connectivity index (χ1v) is 6.83. The SMILES string of the molecule is CC(C)C(CNC(C)(C)C)Oc1ccccc1Cl. The van der Waals surface area contributed by atoms with Crippen LogP contribution in [0.1, 0.15) is 34.6 Å². The van der Waals surface area contributed by atoms with Gasteiger partial charge in [-0.2, -0.15) is 0 Å². The molecule has 0 spiro atoms. The van der Waals surface area contributed by atoms with Crippen LogP contribution >= 0.6 is 11.6 Å². The number of para-hydroxylation sites is 1. The average molecular weight is 270 g/mol. The lowest BCUT2D eigenvalue weighted by Gasteiger charge is -2.28. The summed E-state index contributed by atoms with van der Waals surface area (Å²) in [4.78, 5) is 0. The second kappa shape index (κ2) is 6.44. The van der Waals surface area contributed by atoms with Crippen molar-refractivity contribution in [2.24, 2.45) is 5.92 Å². The minimum Gasteiger partial charge on any atom is -0.487 e. The molecule has 0 aliphatic rings. The van der Waals surface area contributed by atoms with Gasteiger partial charge in [0.05, 0.1) is 5.02 Å². The molecule has 1 N–H and O–H groups in total. The molecule has 0 saturated carbocycles. The third-order valence-corrected chi connectivity index (χ3v) is 3.00. The van der Waals surface area contributed by atoms with E-state index in [-0.39, 0.29) is 11.6 Å². The number of nitrogens with one attached hydrogen (secondary N) is 1. The Hall–Kier alpha value is -0.730. The zero-order valence-electron chi connectivity index (χ0n) is 12.0. The fourth-order valence-electron chi connectivity index (χ4n) is 1.52. The molecule has 102 valence electrons. The first-order valence-electron chi connectivity index (χ1n) is 6.46. The zero-order valence-corrected chi connectivity index (χ0v) is 12.7. The molecule has 0 aliphatic heterocycles. The van der Waals surface area contributed by atoms with Gasteiger partial charge in [0.15, 0.2) is 0 Å². The van der Waals surface area contributed by atoms with Crippen LogP contribution in [-0.2, 0) is 0 Å². The topological polar surface area (TPSA) is 21.3 Å². The standard InChI is InChI=1S/C15H24ClNO/c1-11(2)14(10-17-15(3,4)5)18-13-9-7-6-8-12(13)16/h6-9,11,14,17H,10H2,1-5H3. The van der Waals surface area contributed by atoms with E-state index in [1.54, 1.807) is 0 Å². The lowest BCUT2D eigenvalue weighted by molar-refractivity contribution is 0.140. The Bertz CT molecular complexity index is 371. The molecule has 1 aromatic carbocycles. The van der Waals surface area contributed by atoms with Gasteiger partial charge in [-0.1, -0.05) is 37.6 Å². The van der Waals surface area contributed by atoms with Crippen molar-refractivity contribution in [3.05, 3.63) is 29.3 Å². The van der Waals surface area contributed by atoms with Crippen LogP contribution < -0.4 is 10.1 Å². The Balaban J connectivity index is 2.67. The maximum Gasteiger partial charge on any atom is 0.138 e. The predicted molar refractivity (Wildman–Crippen MR) is 78.5 cm³/mol. The Morgan fingerprint density at radius 2 is 1.83 bits per heavy atom. The minimum atomic E-state index is 0.0942. The molecule has 0 radical (unpaired) electrons.